The third-order valence-corrected chi connectivity index (χ3v) is 3.95. The second-order valence-corrected chi connectivity index (χ2v) is 5.97. The van der Waals surface area contributed by atoms with E-state index in [0.717, 1.165) is 25.5 Å². The number of anilines is 3. The van der Waals surface area contributed by atoms with Crippen LogP contribution >= 0.6 is 31.9 Å². The molecule has 0 aliphatic carbocycles. The lowest BCUT2D eigenvalue weighted by Gasteiger charge is -2.11. The summed E-state index contributed by atoms with van der Waals surface area (Å²) >= 11 is 6.95. The van der Waals surface area contributed by atoms with Crippen molar-refractivity contribution in [1.29, 1.82) is 0 Å². The van der Waals surface area contributed by atoms with E-state index < -0.39 is 0 Å². The van der Waals surface area contributed by atoms with Gasteiger partial charge in [-0.25, -0.2) is 4.98 Å². The van der Waals surface area contributed by atoms with E-state index in [-0.39, 0.29) is 5.95 Å². The van der Waals surface area contributed by atoms with Gasteiger partial charge in [0.1, 0.15) is 5.82 Å². The largest absolute Gasteiger partial charge is 0.368 e. The SMILES string of the molecule is Nc1nc(Nc2ccc(Br)cc2Br)c2ccccc2n1. The van der Waals surface area contributed by atoms with Crippen molar-refractivity contribution in [3.8, 4) is 0 Å². The van der Waals surface area contributed by atoms with Gasteiger partial charge < -0.3 is 11.1 Å². The summed E-state index contributed by atoms with van der Waals surface area (Å²) in [6.45, 7) is 0. The Morgan fingerprint density at radius 2 is 1.80 bits per heavy atom. The number of fused-ring (bicyclic) bond motifs is 1. The molecular formula is C14H10Br2N4. The number of aromatic nitrogens is 2. The first-order valence-corrected chi connectivity index (χ1v) is 7.46. The van der Waals surface area contributed by atoms with Gasteiger partial charge in [0.15, 0.2) is 0 Å². The maximum atomic E-state index is 5.76. The molecule has 20 heavy (non-hydrogen) atoms. The van der Waals surface area contributed by atoms with Gasteiger partial charge in [-0.1, -0.05) is 28.1 Å². The van der Waals surface area contributed by atoms with E-state index in [9.17, 15) is 0 Å². The van der Waals surface area contributed by atoms with Crippen molar-refractivity contribution in [3.63, 3.8) is 0 Å². The van der Waals surface area contributed by atoms with Crippen LogP contribution in [0.4, 0.5) is 17.5 Å². The number of nitrogens with zero attached hydrogens (tertiary/aromatic N) is 2. The lowest BCUT2D eigenvalue weighted by atomic mass is 10.2. The van der Waals surface area contributed by atoms with E-state index in [1.807, 2.05) is 42.5 Å². The maximum Gasteiger partial charge on any atom is 0.222 e. The van der Waals surface area contributed by atoms with Crippen LogP contribution in [0.2, 0.25) is 0 Å². The van der Waals surface area contributed by atoms with Crippen molar-refractivity contribution in [3.05, 3.63) is 51.4 Å². The molecule has 0 atom stereocenters. The predicted molar refractivity (Wildman–Crippen MR) is 89.1 cm³/mol. The van der Waals surface area contributed by atoms with Crippen molar-refractivity contribution in [2.24, 2.45) is 0 Å². The number of hydrogen-bond donors (Lipinski definition) is 2. The predicted octanol–water partition coefficient (Wildman–Crippen LogP) is 4.48. The summed E-state index contributed by atoms with van der Waals surface area (Å²) in [6.07, 6.45) is 0. The van der Waals surface area contributed by atoms with Crippen molar-refractivity contribution in [1.82, 2.24) is 9.97 Å². The van der Waals surface area contributed by atoms with Gasteiger partial charge in [0.25, 0.3) is 0 Å². The maximum absolute atomic E-state index is 5.76. The molecule has 0 amide bonds. The normalized spacial score (nSPS) is 10.7. The lowest BCUT2D eigenvalue weighted by molar-refractivity contribution is 1.23. The zero-order chi connectivity index (χ0) is 14.1. The molecule has 6 heteroatoms. The number of nitrogens with one attached hydrogen (secondary N) is 1. The zero-order valence-electron chi connectivity index (χ0n) is 10.3. The summed E-state index contributed by atoms with van der Waals surface area (Å²) in [5, 5.41) is 4.21. The zero-order valence-corrected chi connectivity index (χ0v) is 13.4. The first-order chi connectivity index (χ1) is 9.63. The van der Waals surface area contributed by atoms with Gasteiger partial charge in [0.2, 0.25) is 5.95 Å². The third kappa shape index (κ3) is 2.62. The van der Waals surface area contributed by atoms with Gasteiger partial charge in [0, 0.05) is 14.3 Å². The van der Waals surface area contributed by atoms with Crippen LogP contribution in [0.25, 0.3) is 10.9 Å². The Hall–Kier alpha value is -1.66. The Labute approximate surface area is 132 Å². The first-order valence-electron chi connectivity index (χ1n) is 5.88. The second kappa shape index (κ2) is 5.38. The van der Waals surface area contributed by atoms with Gasteiger partial charge in [-0.15, -0.1) is 0 Å². The Morgan fingerprint density at radius 1 is 1.00 bits per heavy atom. The highest BCUT2D eigenvalue weighted by atomic mass is 79.9. The van der Waals surface area contributed by atoms with Crippen LogP contribution in [0.15, 0.2) is 51.4 Å². The van der Waals surface area contributed by atoms with Crippen LogP contribution in [-0.4, -0.2) is 9.97 Å². The van der Waals surface area contributed by atoms with Crippen molar-refractivity contribution < 1.29 is 0 Å². The fourth-order valence-electron chi connectivity index (χ4n) is 1.91. The van der Waals surface area contributed by atoms with E-state index in [1.165, 1.54) is 0 Å². The molecule has 1 aromatic heterocycles. The molecule has 0 fully saturated rings. The molecule has 0 unspecified atom stereocenters. The summed E-state index contributed by atoms with van der Waals surface area (Å²) in [4.78, 5) is 8.51. The highest BCUT2D eigenvalue weighted by Crippen LogP contribution is 2.30. The molecule has 0 spiro atoms. The molecule has 0 radical (unpaired) electrons. The average molecular weight is 394 g/mol. The van der Waals surface area contributed by atoms with Gasteiger partial charge in [-0.3, -0.25) is 0 Å². The highest BCUT2D eigenvalue weighted by Gasteiger charge is 2.08. The molecule has 3 N–H and O–H groups in total. The molecule has 0 aliphatic heterocycles. The van der Waals surface area contributed by atoms with Crippen LogP contribution in [0.5, 0.6) is 0 Å². The van der Waals surface area contributed by atoms with Crippen molar-refractivity contribution >= 4 is 60.2 Å². The highest BCUT2D eigenvalue weighted by molar-refractivity contribution is 9.11. The molecule has 0 bridgehead atoms. The fourth-order valence-corrected chi connectivity index (χ4v) is 3.05. The van der Waals surface area contributed by atoms with Crippen LogP contribution in [0.3, 0.4) is 0 Å². The molecule has 0 aliphatic rings. The molecule has 4 nitrogen and oxygen atoms in total. The lowest BCUT2D eigenvalue weighted by Crippen LogP contribution is -2.01. The van der Waals surface area contributed by atoms with E-state index in [4.69, 9.17) is 5.73 Å². The summed E-state index contributed by atoms with van der Waals surface area (Å²) in [7, 11) is 0. The molecule has 2 aromatic carbocycles. The number of rotatable bonds is 2. The van der Waals surface area contributed by atoms with Crippen LogP contribution < -0.4 is 11.1 Å². The van der Waals surface area contributed by atoms with Crippen molar-refractivity contribution in [2.75, 3.05) is 11.1 Å². The van der Waals surface area contributed by atoms with Crippen LogP contribution in [0.1, 0.15) is 0 Å². The molecule has 0 saturated heterocycles. The Balaban J connectivity index is 2.10. The molecule has 0 saturated carbocycles. The quantitative estimate of drug-likeness (QED) is 0.673. The minimum absolute atomic E-state index is 0.249. The average Bonchev–Trinajstić information content (AvgIpc) is 2.41. The van der Waals surface area contributed by atoms with Gasteiger partial charge in [-0.2, -0.15) is 4.98 Å². The second-order valence-electron chi connectivity index (χ2n) is 4.20. The van der Waals surface area contributed by atoms with Crippen LogP contribution in [-0.2, 0) is 0 Å². The van der Waals surface area contributed by atoms with E-state index in [1.54, 1.807) is 0 Å². The molecule has 100 valence electrons. The van der Waals surface area contributed by atoms with Crippen molar-refractivity contribution in [2.45, 2.75) is 0 Å². The number of nitrogen functional groups attached to an aromatic ring is 1. The van der Waals surface area contributed by atoms with E-state index in [0.29, 0.717) is 5.82 Å². The topological polar surface area (TPSA) is 63.8 Å². The first kappa shape index (κ1) is 13.3. The van der Waals surface area contributed by atoms with Gasteiger partial charge >= 0.3 is 0 Å². The summed E-state index contributed by atoms with van der Waals surface area (Å²) in [5.74, 6) is 0.940. The minimum Gasteiger partial charge on any atom is -0.368 e. The Kier molecular flexibility index (Phi) is 3.58. The monoisotopic (exact) mass is 392 g/mol. The number of nitrogens with two attached hydrogens (primary N) is 1. The number of para-hydroxylation sites is 1. The van der Waals surface area contributed by atoms with Gasteiger partial charge in [-0.05, 0) is 46.3 Å². The number of halogens is 2. The Morgan fingerprint density at radius 3 is 2.60 bits per heavy atom. The number of benzene rings is 2. The Bertz CT molecular complexity index is 789. The van der Waals surface area contributed by atoms with E-state index in [2.05, 4.69) is 47.1 Å². The third-order valence-electron chi connectivity index (χ3n) is 2.80. The molecule has 1 heterocycles. The smallest absolute Gasteiger partial charge is 0.222 e. The summed E-state index contributed by atoms with van der Waals surface area (Å²) in [6, 6.07) is 13.6. The summed E-state index contributed by atoms with van der Waals surface area (Å²) in [5.41, 5.74) is 7.49. The standard InChI is InChI=1S/C14H10Br2N4/c15-8-5-6-12(10(16)7-8)18-13-9-3-1-2-4-11(9)19-14(17)20-13/h1-7H,(H3,17,18,19,20). The molecular weight excluding hydrogens is 384 g/mol. The number of hydrogen-bond acceptors (Lipinski definition) is 4. The molecule has 3 aromatic rings. The fraction of sp³-hybridized carbons (Fsp3) is 0. The van der Waals surface area contributed by atoms with E-state index >= 15 is 0 Å². The summed E-state index contributed by atoms with van der Waals surface area (Å²) < 4.78 is 1.94. The molecule has 3 rings (SSSR count). The van der Waals surface area contributed by atoms with Crippen LogP contribution in [0, 0.1) is 0 Å². The minimum atomic E-state index is 0.249. The van der Waals surface area contributed by atoms with Gasteiger partial charge in [0.05, 0.1) is 11.2 Å².